The molecule has 4 heterocycles. The van der Waals surface area contributed by atoms with Crippen LogP contribution in [0.25, 0.3) is 0 Å². The number of aromatic nitrogens is 4. The Labute approximate surface area is 206 Å². The van der Waals surface area contributed by atoms with Crippen molar-refractivity contribution in [2.45, 2.75) is 0 Å². The summed E-state index contributed by atoms with van der Waals surface area (Å²) in [4.78, 5) is 22.0. The molecule has 2 saturated heterocycles. The van der Waals surface area contributed by atoms with Crippen molar-refractivity contribution >= 4 is 35.1 Å². The number of rotatable bonds is 6. The van der Waals surface area contributed by atoms with Crippen LogP contribution in [0.3, 0.4) is 0 Å². The highest BCUT2D eigenvalue weighted by Gasteiger charge is 2.21. The second-order valence-electron chi connectivity index (χ2n) is 7.53. The number of pyridine rings is 1. The summed E-state index contributed by atoms with van der Waals surface area (Å²) in [6, 6.07) is 8.79. The van der Waals surface area contributed by atoms with Crippen LogP contribution in [0.4, 0.5) is 11.9 Å². The predicted molar refractivity (Wildman–Crippen MR) is 127 cm³/mol. The van der Waals surface area contributed by atoms with Gasteiger partial charge in [0, 0.05) is 32.4 Å². The Morgan fingerprint density at radius 1 is 0.735 bits per heavy atom. The molecule has 0 aliphatic carbocycles. The Morgan fingerprint density at radius 3 is 1.79 bits per heavy atom. The Hall–Kier alpha value is -2.92. The van der Waals surface area contributed by atoms with Crippen LogP contribution in [0.5, 0.6) is 23.4 Å². The van der Waals surface area contributed by atoms with Gasteiger partial charge >= 0.3 is 6.01 Å². The first kappa shape index (κ1) is 22.9. The lowest BCUT2D eigenvalue weighted by molar-refractivity contribution is 0.121. The van der Waals surface area contributed by atoms with Gasteiger partial charge in [-0.05, 0) is 30.3 Å². The molecule has 0 saturated carbocycles. The molecule has 5 rings (SSSR count). The van der Waals surface area contributed by atoms with Crippen LogP contribution in [0, 0.1) is 0 Å². The summed E-state index contributed by atoms with van der Waals surface area (Å²) in [7, 11) is 0. The van der Waals surface area contributed by atoms with Crippen molar-refractivity contribution in [1.82, 2.24) is 19.9 Å². The second kappa shape index (κ2) is 10.6. The minimum absolute atomic E-state index is 0.217. The van der Waals surface area contributed by atoms with Crippen molar-refractivity contribution in [3.63, 3.8) is 0 Å². The third-order valence-electron chi connectivity index (χ3n) is 5.20. The van der Waals surface area contributed by atoms with E-state index in [9.17, 15) is 0 Å². The maximum absolute atomic E-state index is 6.13. The molecule has 3 aromatic rings. The SMILES string of the molecule is Clc1cnc(Oc2ccc(Oc3nc(N4CCOCC4)nc(N4CCOCC4)n3)cc2)c(Cl)c1. The monoisotopic (exact) mass is 504 g/mol. The number of morpholine rings is 2. The Bertz CT molecular complexity index is 1090. The molecule has 0 bridgehead atoms. The lowest BCUT2D eigenvalue weighted by atomic mass is 10.3. The molecule has 2 aromatic heterocycles. The van der Waals surface area contributed by atoms with Crippen LogP contribution in [-0.4, -0.2) is 72.5 Å². The van der Waals surface area contributed by atoms with E-state index in [0.29, 0.717) is 86.0 Å². The molecule has 178 valence electrons. The summed E-state index contributed by atoms with van der Waals surface area (Å²) in [5, 5.41) is 0.760. The topological polar surface area (TPSA) is 95.0 Å². The standard InChI is InChI=1S/C22H22Cl2N6O4/c23-15-13-18(24)19(25-14-15)33-16-1-3-17(4-2-16)34-22-27-20(29-5-9-31-10-6-29)26-21(28-22)30-7-11-32-12-8-30/h1-4,13-14H,5-12H2. The maximum atomic E-state index is 6.13. The quantitative estimate of drug-likeness (QED) is 0.492. The number of nitrogens with zero attached hydrogens (tertiary/aromatic N) is 6. The Balaban J connectivity index is 1.35. The van der Waals surface area contributed by atoms with Gasteiger partial charge in [0.2, 0.25) is 17.8 Å². The van der Waals surface area contributed by atoms with Crippen molar-refractivity contribution in [3.8, 4) is 23.4 Å². The number of hydrogen-bond donors (Lipinski definition) is 0. The first-order chi connectivity index (χ1) is 16.6. The smallest absolute Gasteiger partial charge is 0.328 e. The van der Waals surface area contributed by atoms with E-state index in [1.165, 1.54) is 6.20 Å². The molecule has 0 N–H and O–H groups in total. The van der Waals surface area contributed by atoms with Gasteiger partial charge in [-0.1, -0.05) is 23.2 Å². The minimum Gasteiger partial charge on any atom is -0.438 e. The van der Waals surface area contributed by atoms with Gasteiger partial charge in [0.1, 0.15) is 16.5 Å². The number of ether oxygens (including phenoxy) is 4. The fourth-order valence-electron chi connectivity index (χ4n) is 3.46. The number of halogens is 2. The molecular formula is C22H22Cl2N6O4. The fourth-order valence-corrected chi connectivity index (χ4v) is 3.88. The van der Waals surface area contributed by atoms with Crippen molar-refractivity contribution < 1.29 is 18.9 Å². The average molecular weight is 505 g/mol. The largest absolute Gasteiger partial charge is 0.438 e. The summed E-state index contributed by atoms with van der Waals surface area (Å²) in [5.74, 6) is 2.50. The lowest BCUT2D eigenvalue weighted by Gasteiger charge is -2.30. The third kappa shape index (κ3) is 5.58. The highest BCUT2D eigenvalue weighted by Crippen LogP contribution is 2.31. The van der Waals surface area contributed by atoms with E-state index in [-0.39, 0.29) is 11.9 Å². The van der Waals surface area contributed by atoms with E-state index in [0.717, 1.165) is 0 Å². The highest BCUT2D eigenvalue weighted by atomic mass is 35.5. The molecule has 2 aliphatic rings. The van der Waals surface area contributed by atoms with E-state index in [1.54, 1.807) is 30.3 Å². The summed E-state index contributed by atoms with van der Waals surface area (Å²) in [6.07, 6.45) is 1.47. The molecule has 2 fully saturated rings. The molecule has 0 spiro atoms. The van der Waals surface area contributed by atoms with Crippen LogP contribution >= 0.6 is 23.2 Å². The van der Waals surface area contributed by atoms with Gasteiger partial charge in [-0.15, -0.1) is 0 Å². The second-order valence-corrected chi connectivity index (χ2v) is 8.38. The highest BCUT2D eigenvalue weighted by molar-refractivity contribution is 6.35. The van der Waals surface area contributed by atoms with E-state index in [1.807, 2.05) is 0 Å². The zero-order valence-corrected chi connectivity index (χ0v) is 19.7. The van der Waals surface area contributed by atoms with Crippen LogP contribution in [0.15, 0.2) is 36.5 Å². The van der Waals surface area contributed by atoms with E-state index in [2.05, 4.69) is 29.7 Å². The van der Waals surface area contributed by atoms with Crippen LogP contribution < -0.4 is 19.3 Å². The summed E-state index contributed by atoms with van der Waals surface area (Å²) < 4.78 is 22.6. The van der Waals surface area contributed by atoms with Gasteiger partial charge in [0.15, 0.2) is 0 Å². The van der Waals surface area contributed by atoms with Crippen LogP contribution in [0.2, 0.25) is 10.0 Å². The molecule has 10 nitrogen and oxygen atoms in total. The van der Waals surface area contributed by atoms with Gasteiger partial charge in [-0.3, -0.25) is 0 Å². The normalized spacial score (nSPS) is 16.4. The molecule has 2 aliphatic heterocycles. The van der Waals surface area contributed by atoms with Crippen molar-refractivity contribution in [2.24, 2.45) is 0 Å². The zero-order chi connectivity index (χ0) is 23.3. The fraction of sp³-hybridized carbons (Fsp3) is 0.364. The van der Waals surface area contributed by atoms with Crippen LogP contribution in [0.1, 0.15) is 0 Å². The zero-order valence-electron chi connectivity index (χ0n) is 18.2. The molecule has 0 radical (unpaired) electrons. The molecule has 0 atom stereocenters. The van der Waals surface area contributed by atoms with Crippen molar-refractivity contribution in [1.29, 1.82) is 0 Å². The maximum Gasteiger partial charge on any atom is 0.328 e. The molecule has 0 amide bonds. The Morgan fingerprint density at radius 2 is 1.26 bits per heavy atom. The number of benzene rings is 1. The number of hydrogen-bond acceptors (Lipinski definition) is 10. The van der Waals surface area contributed by atoms with Gasteiger partial charge in [-0.2, -0.15) is 15.0 Å². The lowest BCUT2D eigenvalue weighted by Crippen LogP contribution is -2.40. The van der Waals surface area contributed by atoms with Gasteiger partial charge < -0.3 is 28.7 Å². The van der Waals surface area contributed by atoms with Crippen LogP contribution in [-0.2, 0) is 9.47 Å². The van der Waals surface area contributed by atoms with Gasteiger partial charge in [0.05, 0.1) is 31.5 Å². The minimum atomic E-state index is 0.217. The molecular weight excluding hydrogens is 483 g/mol. The average Bonchev–Trinajstić information content (AvgIpc) is 2.88. The van der Waals surface area contributed by atoms with E-state index >= 15 is 0 Å². The van der Waals surface area contributed by atoms with Gasteiger partial charge in [0.25, 0.3) is 0 Å². The van der Waals surface area contributed by atoms with Crippen molar-refractivity contribution in [3.05, 3.63) is 46.6 Å². The summed E-state index contributed by atoms with van der Waals surface area (Å²) >= 11 is 12.0. The first-order valence-electron chi connectivity index (χ1n) is 10.8. The van der Waals surface area contributed by atoms with E-state index in [4.69, 9.17) is 42.1 Å². The van der Waals surface area contributed by atoms with E-state index < -0.39 is 0 Å². The predicted octanol–water partition coefficient (Wildman–Crippen LogP) is 3.83. The Kier molecular flexibility index (Phi) is 7.10. The summed E-state index contributed by atoms with van der Waals surface area (Å²) in [6.45, 7) is 5.34. The molecule has 0 unspecified atom stereocenters. The number of anilines is 2. The van der Waals surface area contributed by atoms with Gasteiger partial charge in [-0.25, -0.2) is 4.98 Å². The first-order valence-corrected chi connectivity index (χ1v) is 11.6. The molecule has 34 heavy (non-hydrogen) atoms. The molecule has 12 heteroatoms. The third-order valence-corrected chi connectivity index (χ3v) is 5.68. The van der Waals surface area contributed by atoms with Crippen molar-refractivity contribution in [2.75, 3.05) is 62.4 Å². The molecule has 1 aromatic carbocycles. The summed E-state index contributed by atoms with van der Waals surface area (Å²) in [5.41, 5.74) is 0.